The molecule has 2 aromatic carbocycles. The van der Waals surface area contributed by atoms with E-state index in [0.29, 0.717) is 24.8 Å². The van der Waals surface area contributed by atoms with Gasteiger partial charge in [-0.15, -0.1) is 10.2 Å². The lowest BCUT2D eigenvalue weighted by Gasteiger charge is -2.25. The molecule has 29 heavy (non-hydrogen) atoms. The second kappa shape index (κ2) is 8.30. The molecule has 8 nitrogen and oxygen atoms in total. The van der Waals surface area contributed by atoms with Gasteiger partial charge < -0.3 is 14.8 Å². The van der Waals surface area contributed by atoms with Gasteiger partial charge in [0.15, 0.2) is 11.5 Å². The molecule has 0 bridgehead atoms. The van der Waals surface area contributed by atoms with Gasteiger partial charge in [-0.1, -0.05) is 50.2 Å². The van der Waals surface area contributed by atoms with Crippen molar-refractivity contribution in [3.8, 4) is 22.9 Å². The van der Waals surface area contributed by atoms with Crippen LogP contribution in [0.4, 0.5) is 0 Å². The maximum absolute atomic E-state index is 12.6. The zero-order valence-electron chi connectivity index (χ0n) is 16.4. The van der Waals surface area contributed by atoms with Crippen molar-refractivity contribution in [2.45, 2.75) is 26.4 Å². The third kappa shape index (κ3) is 4.37. The summed E-state index contributed by atoms with van der Waals surface area (Å²) in [6.07, 6.45) is 0. The fourth-order valence-corrected chi connectivity index (χ4v) is 3.25. The van der Waals surface area contributed by atoms with E-state index >= 15 is 0 Å². The van der Waals surface area contributed by atoms with Gasteiger partial charge >= 0.3 is 0 Å². The van der Waals surface area contributed by atoms with Crippen LogP contribution in [0.1, 0.15) is 25.5 Å². The molecular formula is C21H23N5O3. The minimum atomic E-state index is -0.185. The van der Waals surface area contributed by atoms with Crippen molar-refractivity contribution in [2.24, 2.45) is 5.92 Å². The van der Waals surface area contributed by atoms with Crippen molar-refractivity contribution in [3.63, 3.8) is 0 Å². The number of tetrazole rings is 1. The molecular weight excluding hydrogens is 370 g/mol. The van der Waals surface area contributed by atoms with E-state index in [0.717, 1.165) is 16.9 Å². The fraction of sp³-hybridized carbons (Fsp3) is 0.333. The van der Waals surface area contributed by atoms with Gasteiger partial charge in [-0.25, -0.2) is 0 Å². The Morgan fingerprint density at radius 3 is 2.62 bits per heavy atom. The van der Waals surface area contributed by atoms with Gasteiger partial charge in [-0.3, -0.25) is 4.79 Å². The highest BCUT2D eigenvalue weighted by atomic mass is 16.6. The van der Waals surface area contributed by atoms with Crippen LogP contribution in [-0.2, 0) is 11.3 Å². The molecule has 4 rings (SSSR count). The Hall–Kier alpha value is -3.42. The zero-order valence-corrected chi connectivity index (χ0v) is 16.4. The standard InChI is InChI=1S/C21H23N5O3/c1-14(2)20(16-8-9-17-18(12-16)29-11-10-28-17)22-19(27)13-26-24-21(23-25-26)15-6-4-3-5-7-15/h3-9,12,14,20H,10-11,13H2,1-2H3,(H,22,27)/t20-/m0/s1. The van der Waals surface area contributed by atoms with E-state index in [1.807, 2.05) is 48.5 Å². The van der Waals surface area contributed by atoms with Crippen molar-refractivity contribution < 1.29 is 14.3 Å². The molecule has 0 spiro atoms. The van der Waals surface area contributed by atoms with Crippen molar-refractivity contribution in [1.29, 1.82) is 0 Å². The number of hydrogen-bond donors (Lipinski definition) is 1. The normalized spacial score (nSPS) is 13.9. The molecule has 8 heteroatoms. The van der Waals surface area contributed by atoms with Crippen LogP contribution in [0.3, 0.4) is 0 Å². The van der Waals surface area contributed by atoms with Crippen molar-refractivity contribution in [2.75, 3.05) is 13.2 Å². The molecule has 0 saturated heterocycles. The fourth-order valence-electron chi connectivity index (χ4n) is 3.25. The summed E-state index contributed by atoms with van der Waals surface area (Å²) in [5.74, 6) is 1.93. The third-order valence-corrected chi connectivity index (χ3v) is 4.68. The first kappa shape index (κ1) is 18.9. The summed E-state index contributed by atoms with van der Waals surface area (Å²) in [5, 5.41) is 15.4. The molecule has 0 fully saturated rings. The number of rotatable bonds is 6. The lowest BCUT2D eigenvalue weighted by Crippen LogP contribution is -2.34. The van der Waals surface area contributed by atoms with Crippen LogP contribution in [-0.4, -0.2) is 39.3 Å². The molecule has 0 aliphatic carbocycles. The van der Waals surface area contributed by atoms with Crippen molar-refractivity contribution in [1.82, 2.24) is 25.5 Å². The SMILES string of the molecule is CC(C)[C@H](NC(=O)Cn1nnc(-c2ccccc2)n1)c1ccc2c(c1)OCCO2. The second-order valence-corrected chi connectivity index (χ2v) is 7.20. The summed E-state index contributed by atoms with van der Waals surface area (Å²) in [6.45, 7) is 5.18. The Morgan fingerprint density at radius 2 is 1.86 bits per heavy atom. The summed E-state index contributed by atoms with van der Waals surface area (Å²) >= 11 is 0. The van der Waals surface area contributed by atoms with Crippen LogP contribution < -0.4 is 14.8 Å². The maximum atomic E-state index is 12.6. The number of carbonyl (C=O) groups is 1. The molecule has 0 radical (unpaired) electrons. The molecule has 0 saturated carbocycles. The van der Waals surface area contributed by atoms with E-state index in [1.54, 1.807) is 0 Å². The number of hydrogen-bond acceptors (Lipinski definition) is 6. The van der Waals surface area contributed by atoms with Crippen LogP contribution in [0.25, 0.3) is 11.4 Å². The van der Waals surface area contributed by atoms with Crippen LogP contribution in [0.5, 0.6) is 11.5 Å². The van der Waals surface area contributed by atoms with Gasteiger partial charge in [0, 0.05) is 5.56 Å². The van der Waals surface area contributed by atoms with E-state index in [4.69, 9.17) is 9.47 Å². The van der Waals surface area contributed by atoms with Crippen molar-refractivity contribution >= 4 is 5.91 Å². The Labute approximate surface area is 168 Å². The average Bonchev–Trinajstić information content (AvgIpc) is 3.20. The Morgan fingerprint density at radius 1 is 1.10 bits per heavy atom. The largest absolute Gasteiger partial charge is 0.486 e. The number of benzene rings is 2. The highest BCUT2D eigenvalue weighted by Crippen LogP contribution is 2.34. The first-order chi connectivity index (χ1) is 14.1. The van der Waals surface area contributed by atoms with Gasteiger partial charge in [0.05, 0.1) is 6.04 Å². The molecule has 0 unspecified atom stereocenters. The topological polar surface area (TPSA) is 91.2 Å². The predicted molar refractivity (Wildman–Crippen MR) is 106 cm³/mol. The molecule has 1 N–H and O–H groups in total. The summed E-state index contributed by atoms with van der Waals surface area (Å²) in [5.41, 5.74) is 1.82. The highest BCUT2D eigenvalue weighted by Gasteiger charge is 2.22. The third-order valence-electron chi connectivity index (χ3n) is 4.68. The molecule has 1 aliphatic heterocycles. The number of nitrogens with one attached hydrogen (secondary N) is 1. The van der Waals surface area contributed by atoms with E-state index < -0.39 is 0 Å². The molecule has 1 aromatic heterocycles. The van der Waals surface area contributed by atoms with Crippen LogP contribution in [0.2, 0.25) is 0 Å². The van der Waals surface area contributed by atoms with E-state index in [9.17, 15) is 4.79 Å². The first-order valence-corrected chi connectivity index (χ1v) is 9.62. The molecule has 1 atom stereocenters. The summed E-state index contributed by atoms with van der Waals surface area (Å²) < 4.78 is 11.2. The van der Waals surface area contributed by atoms with Crippen LogP contribution in [0, 0.1) is 5.92 Å². The molecule has 150 valence electrons. The molecule has 1 amide bonds. The van der Waals surface area contributed by atoms with Gasteiger partial charge in [-0.05, 0) is 28.8 Å². The maximum Gasteiger partial charge on any atom is 0.244 e. The average molecular weight is 393 g/mol. The lowest BCUT2D eigenvalue weighted by atomic mass is 9.95. The van der Waals surface area contributed by atoms with E-state index in [1.165, 1.54) is 4.80 Å². The second-order valence-electron chi connectivity index (χ2n) is 7.20. The Bertz CT molecular complexity index is 987. The quantitative estimate of drug-likeness (QED) is 0.692. The Kier molecular flexibility index (Phi) is 5.41. The van der Waals surface area contributed by atoms with Gasteiger partial charge in [0.25, 0.3) is 0 Å². The minimum absolute atomic E-state index is 0.00634. The number of amides is 1. The van der Waals surface area contributed by atoms with E-state index in [-0.39, 0.29) is 24.4 Å². The highest BCUT2D eigenvalue weighted by molar-refractivity contribution is 5.76. The molecule has 2 heterocycles. The summed E-state index contributed by atoms with van der Waals surface area (Å²) in [4.78, 5) is 13.9. The predicted octanol–water partition coefficient (Wildman–Crippen LogP) is 2.62. The van der Waals surface area contributed by atoms with Gasteiger partial charge in [0.1, 0.15) is 19.8 Å². The molecule has 3 aromatic rings. The van der Waals surface area contributed by atoms with E-state index in [2.05, 4.69) is 34.6 Å². The summed E-state index contributed by atoms with van der Waals surface area (Å²) in [7, 11) is 0. The van der Waals surface area contributed by atoms with Crippen molar-refractivity contribution in [3.05, 3.63) is 54.1 Å². The smallest absolute Gasteiger partial charge is 0.244 e. The number of carbonyl (C=O) groups excluding carboxylic acids is 1. The van der Waals surface area contributed by atoms with Gasteiger partial charge in [-0.2, -0.15) is 4.80 Å². The van der Waals surface area contributed by atoms with Crippen LogP contribution >= 0.6 is 0 Å². The number of fused-ring (bicyclic) bond motifs is 1. The minimum Gasteiger partial charge on any atom is -0.486 e. The number of aromatic nitrogens is 4. The van der Waals surface area contributed by atoms with Gasteiger partial charge in [0.2, 0.25) is 11.7 Å². The zero-order chi connectivity index (χ0) is 20.2. The first-order valence-electron chi connectivity index (χ1n) is 9.62. The van der Waals surface area contributed by atoms with Crippen LogP contribution in [0.15, 0.2) is 48.5 Å². The number of ether oxygens (including phenoxy) is 2. The molecule has 1 aliphatic rings. The number of nitrogens with zero attached hydrogens (tertiary/aromatic N) is 4. The lowest BCUT2D eigenvalue weighted by molar-refractivity contribution is -0.123. The summed E-state index contributed by atoms with van der Waals surface area (Å²) in [6, 6.07) is 15.1. The Balaban J connectivity index is 1.45. The monoisotopic (exact) mass is 393 g/mol.